The topological polar surface area (TPSA) is 33.2 Å². The third-order valence-electron chi connectivity index (χ3n) is 5.21. The van der Waals surface area contributed by atoms with Crippen molar-refractivity contribution < 1.29 is 4.79 Å². The molecule has 1 atom stereocenters. The number of hydrogen-bond acceptors (Lipinski definition) is 2. The molecule has 4 rings (SSSR count). The number of fused-ring (bicyclic) bond motifs is 1. The molecule has 2 aliphatic rings. The molecular formula is C21H24N2O. The van der Waals surface area contributed by atoms with Gasteiger partial charge in [-0.05, 0) is 61.8 Å². The summed E-state index contributed by atoms with van der Waals surface area (Å²) in [5.74, 6) is 0.329. The Morgan fingerprint density at radius 3 is 2.71 bits per heavy atom. The van der Waals surface area contributed by atoms with Gasteiger partial charge in [0.15, 0.2) is 0 Å². The van der Waals surface area contributed by atoms with Crippen molar-refractivity contribution in [2.24, 2.45) is 0 Å². The van der Waals surface area contributed by atoms with Crippen molar-refractivity contribution in [1.29, 1.82) is 0 Å². The zero-order valence-electron chi connectivity index (χ0n) is 14.0. The summed E-state index contributed by atoms with van der Waals surface area (Å²) in [4.78, 5) is 19.5. The van der Waals surface area contributed by atoms with Crippen molar-refractivity contribution in [2.45, 2.75) is 57.0 Å². The van der Waals surface area contributed by atoms with Crippen LogP contribution in [0, 0.1) is 0 Å². The van der Waals surface area contributed by atoms with Gasteiger partial charge >= 0.3 is 0 Å². The molecule has 1 saturated carbocycles. The Morgan fingerprint density at radius 2 is 1.92 bits per heavy atom. The maximum Gasteiger partial charge on any atom is 0.223 e. The summed E-state index contributed by atoms with van der Waals surface area (Å²) in [7, 11) is 0. The van der Waals surface area contributed by atoms with Gasteiger partial charge in [0.2, 0.25) is 5.91 Å². The van der Waals surface area contributed by atoms with Gasteiger partial charge in [-0.15, -0.1) is 0 Å². The van der Waals surface area contributed by atoms with Gasteiger partial charge in [0.1, 0.15) is 0 Å². The number of hydrogen-bond donors (Lipinski definition) is 0. The Labute approximate surface area is 143 Å². The number of aryl methyl sites for hydroxylation is 2. The van der Waals surface area contributed by atoms with Crippen molar-refractivity contribution in [3.8, 4) is 0 Å². The minimum Gasteiger partial charge on any atom is -0.333 e. The van der Waals surface area contributed by atoms with Crippen LogP contribution in [0.1, 0.15) is 55.0 Å². The van der Waals surface area contributed by atoms with E-state index in [9.17, 15) is 4.79 Å². The highest BCUT2D eigenvalue weighted by Gasteiger charge is 2.39. The summed E-state index contributed by atoms with van der Waals surface area (Å²) in [6, 6.07) is 15.4. The average Bonchev–Trinajstić information content (AvgIpc) is 3.36. The highest BCUT2D eigenvalue weighted by Crippen LogP contribution is 2.42. The molecule has 0 unspecified atom stereocenters. The third kappa shape index (κ3) is 3.21. The lowest BCUT2D eigenvalue weighted by Gasteiger charge is -2.30. The molecule has 1 aromatic carbocycles. The highest BCUT2D eigenvalue weighted by molar-refractivity contribution is 5.77. The van der Waals surface area contributed by atoms with Gasteiger partial charge in [0.05, 0.1) is 6.04 Å². The molecule has 1 amide bonds. The lowest BCUT2D eigenvalue weighted by Crippen LogP contribution is -2.35. The van der Waals surface area contributed by atoms with Crippen LogP contribution in [0.4, 0.5) is 0 Å². The molecule has 3 heteroatoms. The van der Waals surface area contributed by atoms with Crippen LogP contribution in [0.3, 0.4) is 0 Å². The van der Waals surface area contributed by atoms with Gasteiger partial charge < -0.3 is 4.90 Å². The molecule has 3 nitrogen and oxygen atoms in total. The molecule has 0 radical (unpaired) electrons. The van der Waals surface area contributed by atoms with Crippen LogP contribution >= 0.6 is 0 Å². The third-order valence-corrected chi connectivity index (χ3v) is 5.21. The summed E-state index contributed by atoms with van der Waals surface area (Å²) in [6.45, 7) is 0. The fraction of sp³-hybridized carbons (Fsp3) is 0.429. The largest absolute Gasteiger partial charge is 0.333 e. The van der Waals surface area contributed by atoms with Crippen molar-refractivity contribution in [2.75, 3.05) is 0 Å². The van der Waals surface area contributed by atoms with Gasteiger partial charge in [0.25, 0.3) is 0 Å². The molecule has 1 fully saturated rings. The van der Waals surface area contributed by atoms with Gasteiger partial charge in [-0.3, -0.25) is 9.78 Å². The second-order valence-electron chi connectivity index (χ2n) is 6.96. The van der Waals surface area contributed by atoms with E-state index in [-0.39, 0.29) is 0 Å². The molecule has 1 heterocycles. The maximum atomic E-state index is 12.9. The monoisotopic (exact) mass is 320 g/mol. The molecule has 0 bridgehead atoms. The fourth-order valence-electron chi connectivity index (χ4n) is 3.90. The van der Waals surface area contributed by atoms with Crippen LogP contribution in [0.5, 0.6) is 0 Å². The Bertz CT molecular complexity index is 709. The van der Waals surface area contributed by atoms with E-state index in [1.807, 2.05) is 24.4 Å². The number of aromatic nitrogens is 1. The SMILES string of the molecule is O=C(CCCc1ccccn1)N(C1CC1)[C@H]1CCc2ccccc21. The number of carbonyl (C=O) groups is 1. The Hall–Kier alpha value is -2.16. The first-order chi connectivity index (χ1) is 11.8. The predicted octanol–water partition coefficient (Wildman–Crippen LogP) is 4.08. The zero-order chi connectivity index (χ0) is 16.4. The number of pyridine rings is 1. The molecule has 0 N–H and O–H groups in total. The normalized spacial score (nSPS) is 19.1. The number of nitrogens with zero attached hydrogens (tertiary/aromatic N) is 2. The summed E-state index contributed by atoms with van der Waals surface area (Å²) < 4.78 is 0. The molecule has 2 aliphatic carbocycles. The van der Waals surface area contributed by atoms with E-state index in [1.165, 1.54) is 24.0 Å². The second kappa shape index (κ2) is 6.76. The van der Waals surface area contributed by atoms with E-state index in [2.05, 4.69) is 34.1 Å². The van der Waals surface area contributed by atoms with E-state index in [0.29, 0.717) is 24.4 Å². The van der Waals surface area contributed by atoms with Gasteiger partial charge in [-0.1, -0.05) is 30.3 Å². The summed E-state index contributed by atoms with van der Waals surface area (Å²) in [5, 5.41) is 0. The molecule has 1 aromatic heterocycles. The van der Waals surface area contributed by atoms with E-state index < -0.39 is 0 Å². The first kappa shape index (κ1) is 15.4. The van der Waals surface area contributed by atoms with E-state index in [4.69, 9.17) is 0 Å². The molecule has 0 aliphatic heterocycles. The Morgan fingerprint density at radius 1 is 1.08 bits per heavy atom. The van der Waals surface area contributed by atoms with Crippen LogP contribution in [0.25, 0.3) is 0 Å². The van der Waals surface area contributed by atoms with Gasteiger partial charge in [-0.25, -0.2) is 0 Å². The smallest absolute Gasteiger partial charge is 0.223 e. The second-order valence-corrected chi connectivity index (χ2v) is 6.96. The van der Waals surface area contributed by atoms with Gasteiger partial charge in [0, 0.05) is 24.4 Å². The minimum atomic E-state index is 0.302. The van der Waals surface area contributed by atoms with Crippen molar-refractivity contribution in [1.82, 2.24) is 9.88 Å². The van der Waals surface area contributed by atoms with Crippen molar-refractivity contribution >= 4 is 5.91 Å². The minimum absolute atomic E-state index is 0.302. The first-order valence-electron chi connectivity index (χ1n) is 9.12. The van der Waals surface area contributed by atoms with Crippen LogP contribution < -0.4 is 0 Å². The summed E-state index contributed by atoms with van der Waals surface area (Å²) >= 11 is 0. The quantitative estimate of drug-likeness (QED) is 0.803. The number of carbonyl (C=O) groups excluding carboxylic acids is 1. The lowest BCUT2D eigenvalue weighted by atomic mass is 10.1. The zero-order valence-corrected chi connectivity index (χ0v) is 14.0. The van der Waals surface area contributed by atoms with E-state index in [1.54, 1.807) is 0 Å². The van der Waals surface area contributed by atoms with Crippen molar-refractivity contribution in [3.63, 3.8) is 0 Å². The Kier molecular flexibility index (Phi) is 4.33. The molecular weight excluding hydrogens is 296 g/mol. The van der Waals surface area contributed by atoms with E-state index >= 15 is 0 Å². The summed E-state index contributed by atoms with van der Waals surface area (Å²) in [5.41, 5.74) is 3.88. The maximum absolute atomic E-state index is 12.9. The number of amides is 1. The molecule has 24 heavy (non-hydrogen) atoms. The highest BCUT2D eigenvalue weighted by atomic mass is 16.2. The number of benzene rings is 1. The molecule has 0 spiro atoms. The standard InChI is InChI=1S/C21H24N2O/c24-21(10-5-8-17-7-3-4-15-22-17)23(18-12-13-18)20-14-11-16-6-1-2-9-19(16)20/h1-4,6-7,9,15,18,20H,5,8,10-14H2/t20-/m0/s1. The van der Waals surface area contributed by atoms with Crippen LogP contribution in [-0.4, -0.2) is 21.8 Å². The first-order valence-corrected chi connectivity index (χ1v) is 9.12. The van der Waals surface area contributed by atoms with Crippen molar-refractivity contribution in [3.05, 3.63) is 65.5 Å². The average molecular weight is 320 g/mol. The number of rotatable bonds is 6. The lowest BCUT2D eigenvalue weighted by molar-refractivity contribution is -0.134. The molecule has 0 saturated heterocycles. The van der Waals surface area contributed by atoms with Crippen LogP contribution in [0.15, 0.2) is 48.7 Å². The summed E-state index contributed by atoms with van der Waals surface area (Å²) in [6.07, 6.45) is 8.75. The molecule has 124 valence electrons. The fourth-order valence-corrected chi connectivity index (χ4v) is 3.90. The Balaban J connectivity index is 1.41. The van der Waals surface area contributed by atoms with Gasteiger partial charge in [-0.2, -0.15) is 0 Å². The van der Waals surface area contributed by atoms with Crippen LogP contribution in [-0.2, 0) is 17.6 Å². The van der Waals surface area contributed by atoms with Crippen LogP contribution in [0.2, 0.25) is 0 Å². The van der Waals surface area contributed by atoms with E-state index in [0.717, 1.165) is 31.4 Å². The predicted molar refractivity (Wildman–Crippen MR) is 94.5 cm³/mol. The molecule has 2 aromatic rings.